The Morgan fingerprint density at radius 1 is 1.33 bits per heavy atom. The van der Waals surface area contributed by atoms with Crippen molar-refractivity contribution in [1.29, 1.82) is 0 Å². The molecule has 0 aliphatic carbocycles. The van der Waals surface area contributed by atoms with Crippen LogP contribution in [0.4, 0.5) is 0 Å². The number of halogens is 2. The van der Waals surface area contributed by atoms with Gasteiger partial charge in [-0.15, -0.1) is 0 Å². The van der Waals surface area contributed by atoms with Gasteiger partial charge in [0.05, 0.1) is 5.02 Å². The standard InChI is InChI=1S/C16H18BrClN2S/c1-3-8-19-11(2)14-6-5-13(9-15(14)17)21-16-7-4-12(18)10-20-16/h4-7,9-11,19H,3,8H2,1-2H3. The molecule has 1 aromatic heterocycles. The first kappa shape index (κ1) is 16.8. The van der Waals surface area contributed by atoms with E-state index in [1.807, 2.05) is 12.1 Å². The SMILES string of the molecule is CCCNC(C)c1ccc(Sc2ccc(Cl)cn2)cc1Br. The minimum atomic E-state index is 0.340. The van der Waals surface area contributed by atoms with E-state index < -0.39 is 0 Å². The highest BCUT2D eigenvalue weighted by atomic mass is 79.9. The third-order valence-corrected chi connectivity index (χ3v) is 4.91. The molecule has 1 atom stereocenters. The first-order valence-electron chi connectivity index (χ1n) is 6.92. The lowest BCUT2D eigenvalue weighted by Gasteiger charge is -2.16. The zero-order valence-electron chi connectivity index (χ0n) is 12.1. The normalized spacial score (nSPS) is 12.4. The molecule has 0 bridgehead atoms. The van der Waals surface area contributed by atoms with Gasteiger partial charge >= 0.3 is 0 Å². The maximum absolute atomic E-state index is 5.85. The summed E-state index contributed by atoms with van der Waals surface area (Å²) in [7, 11) is 0. The van der Waals surface area contributed by atoms with Crippen molar-refractivity contribution in [2.75, 3.05) is 6.54 Å². The van der Waals surface area contributed by atoms with Crippen LogP contribution in [0.1, 0.15) is 31.9 Å². The number of hydrogen-bond acceptors (Lipinski definition) is 3. The smallest absolute Gasteiger partial charge is 0.101 e. The van der Waals surface area contributed by atoms with Crippen LogP contribution < -0.4 is 5.32 Å². The van der Waals surface area contributed by atoms with Gasteiger partial charge in [-0.25, -0.2) is 4.98 Å². The summed E-state index contributed by atoms with van der Waals surface area (Å²) in [6.45, 7) is 5.38. The molecular weight excluding hydrogens is 368 g/mol. The lowest BCUT2D eigenvalue weighted by molar-refractivity contribution is 0.568. The first-order chi connectivity index (χ1) is 10.1. The van der Waals surface area contributed by atoms with Gasteiger partial charge in [0.2, 0.25) is 0 Å². The molecule has 0 spiro atoms. The number of nitrogens with zero attached hydrogens (tertiary/aromatic N) is 1. The first-order valence-corrected chi connectivity index (χ1v) is 8.91. The molecule has 0 saturated carbocycles. The highest BCUT2D eigenvalue weighted by Crippen LogP contribution is 2.32. The van der Waals surface area contributed by atoms with Crippen LogP contribution in [0.25, 0.3) is 0 Å². The Bertz CT molecular complexity index is 589. The van der Waals surface area contributed by atoms with E-state index in [4.69, 9.17) is 11.6 Å². The van der Waals surface area contributed by atoms with Crippen molar-refractivity contribution in [3.8, 4) is 0 Å². The van der Waals surface area contributed by atoms with Gasteiger partial charge in [-0.1, -0.05) is 52.3 Å². The van der Waals surface area contributed by atoms with Gasteiger partial charge in [0.25, 0.3) is 0 Å². The highest BCUT2D eigenvalue weighted by molar-refractivity contribution is 9.10. The Balaban J connectivity index is 2.09. The van der Waals surface area contributed by atoms with Crippen molar-refractivity contribution >= 4 is 39.3 Å². The highest BCUT2D eigenvalue weighted by Gasteiger charge is 2.09. The third-order valence-electron chi connectivity index (χ3n) is 3.06. The van der Waals surface area contributed by atoms with Crippen molar-refractivity contribution in [2.45, 2.75) is 36.2 Å². The lowest BCUT2D eigenvalue weighted by atomic mass is 10.1. The molecule has 1 unspecified atom stereocenters. The van der Waals surface area contributed by atoms with E-state index in [9.17, 15) is 0 Å². The van der Waals surface area contributed by atoms with E-state index in [0.717, 1.165) is 27.4 Å². The molecule has 0 saturated heterocycles. The quantitative estimate of drug-likeness (QED) is 0.689. The van der Waals surface area contributed by atoms with E-state index >= 15 is 0 Å². The Morgan fingerprint density at radius 3 is 2.76 bits per heavy atom. The second-order valence-corrected chi connectivity index (χ2v) is 7.16. The lowest BCUT2D eigenvalue weighted by Crippen LogP contribution is -2.19. The van der Waals surface area contributed by atoms with Crippen LogP contribution >= 0.6 is 39.3 Å². The molecule has 1 N–H and O–H groups in total. The zero-order valence-corrected chi connectivity index (χ0v) is 15.2. The number of rotatable bonds is 6. The fourth-order valence-corrected chi connectivity index (χ4v) is 3.72. The number of nitrogens with one attached hydrogen (secondary N) is 1. The van der Waals surface area contributed by atoms with Crippen molar-refractivity contribution in [3.05, 3.63) is 51.6 Å². The van der Waals surface area contributed by atoms with Crippen LogP contribution in [-0.4, -0.2) is 11.5 Å². The van der Waals surface area contributed by atoms with E-state index in [2.05, 4.69) is 58.3 Å². The molecule has 0 aliphatic rings. The van der Waals surface area contributed by atoms with Crippen molar-refractivity contribution in [2.24, 2.45) is 0 Å². The predicted molar refractivity (Wildman–Crippen MR) is 94.2 cm³/mol. The Labute approximate surface area is 143 Å². The molecule has 1 heterocycles. The topological polar surface area (TPSA) is 24.9 Å². The summed E-state index contributed by atoms with van der Waals surface area (Å²) < 4.78 is 1.12. The summed E-state index contributed by atoms with van der Waals surface area (Å²) in [4.78, 5) is 5.46. The molecule has 1 aromatic carbocycles. The summed E-state index contributed by atoms with van der Waals surface area (Å²) in [6.07, 6.45) is 2.81. The number of pyridine rings is 1. The van der Waals surface area contributed by atoms with Crippen molar-refractivity contribution < 1.29 is 0 Å². The van der Waals surface area contributed by atoms with Crippen LogP contribution in [-0.2, 0) is 0 Å². The monoisotopic (exact) mass is 384 g/mol. The fraction of sp³-hybridized carbons (Fsp3) is 0.312. The van der Waals surface area contributed by atoms with Gasteiger partial charge in [0.15, 0.2) is 0 Å². The third kappa shape index (κ3) is 4.99. The second kappa shape index (κ2) is 8.18. The molecule has 2 nitrogen and oxygen atoms in total. The van der Waals surface area contributed by atoms with Gasteiger partial charge in [0, 0.05) is 21.6 Å². The Kier molecular flexibility index (Phi) is 6.55. The molecule has 2 rings (SSSR count). The van der Waals surface area contributed by atoms with Crippen LogP contribution in [0.15, 0.2) is 50.9 Å². The van der Waals surface area contributed by atoms with E-state index in [0.29, 0.717) is 11.1 Å². The zero-order chi connectivity index (χ0) is 15.2. The molecule has 5 heteroatoms. The van der Waals surface area contributed by atoms with Gasteiger partial charge in [-0.3, -0.25) is 0 Å². The second-order valence-electron chi connectivity index (χ2n) is 4.78. The largest absolute Gasteiger partial charge is 0.310 e. The van der Waals surface area contributed by atoms with Gasteiger partial charge in [-0.05, 0) is 49.7 Å². The number of benzene rings is 1. The summed E-state index contributed by atoms with van der Waals surface area (Å²) >= 11 is 11.1. The van der Waals surface area contributed by atoms with Crippen molar-refractivity contribution in [3.63, 3.8) is 0 Å². The minimum absolute atomic E-state index is 0.340. The average molecular weight is 386 g/mol. The van der Waals surface area contributed by atoms with Crippen molar-refractivity contribution in [1.82, 2.24) is 10.3 Å². The van der Waals surface area contributed by atoms with E-state index in [1.54, 1.807) is 18.0 Å². The van der Waals surface area contributed by atoms with Gasteiger partial charge < -0.3 is 5.32 Å². The molecular formula is C16H18BrClN2S. The molecule has 2 aromatic rings. The molecule has 0 aliphatic heterocycles. The number of aromatic nitrogens is 1. The predicted octanol–water partition coefficient (Wildman–Crippen LogP) is 5.71. The van der Waals surface area contributed by atoms with E-state index in [-0.39, 0.29) is 0 Å². The minimum Gasteiger partial charge on any atom is -0.310 e. The average Bonchev–Trinajstić information content (AvgIpc) is 2.47. The molecule has 21 heavy (non-hydrogen) atoms. The van der Waals surface area contributed by atoms with Crippen LogP contribution in [0.3, 0.4) is 0 Å². The van der Waals surface area contributed by atoms with Crippen LogP contribution in [0.5, 0.6) is 0 Å². The summed E-state index contributed by atoms with van der Waals surface area (Å²) in [5.74, 6) is 0. The Hall–Kier alpha value is -0.550. The Morgan fingerprint density at radius 2 is 2.14 bits per heavy atom. The number of hydrogen-bond donors (Lipinski definition) is 1. The van der Waals surface area contributed by atoms with E-state index in [1.165, 1.54) is 5.56 Å². The molecule has 0 radical (unpaired) electrons. The molecule has 0 amide bonds. The maximum atomic E-state index is 5.85. The van der Waals surface area contributed by atoms with Gasteiger partial charge in [-0.2, -0.15) is 0 Å². The van der Waals surface area contributed by atoms with Crippen LogP contribution in [0.2, 0.25) is 5.02 Å². The van der Waals surface area contributed by atoms with Crippen LogP contribution in [0, 0.1) is 0 Å². The summed E-state index contributed by atoms with van der Waals surface area (Å²) in [5.41, 5.74) is 1.27. The summed E-state index contributed by atoms with van der Waals surface area (Å²) in [5, 5.41) is 5.10. The molecule has 0 fully saturated rings. The fourth-order valence-electron chi connectivity index (χ4n) is 1.94. The van der Waals surface area contributed by atoms with Gasteiger partial charge in [0.1, 0.15) is 5.03 Å². The molecule has 112 valence electrons. The summed E-state index contributed by atoms with van der Waals surface area (Å²) in [6, 6.07) is 10.6. The maximum Gasteiger partial charge on any atom is 0.101 e.